The minimum absolute atomic E-state index is 0.00286. The van der Waals surface area contributed by atoms with E-state index < -0.39 is 29.6 Å². The molecule has 0 unspecified atom stereocenters. The zero-order chi connectivity index (χ0) is 16.0. The topological polar surface area (TPSA) is 142 Å². The Hall–Kier alpha value is -2.68. The molecule has 114 valence electrons. The second kappa shape index (κ2) is 7.20. The summed E-state index contributed by atoms with van der Waals surface area (Å²) in [5.74, 6) is -1.36. The summed E-state index contributed by atoms with van der Waals surface area (Å²) in [6, 6.07) is 2.26. The number of carboxylic acid groups (broad SMARTS) is 1. The minimum Gasteiger partial charge on any atom is -0.480 e. The number of nitrogens with one attached hydrogen (secondary N) is 2. The van der Waals surface area contributed by atoms with Gasteiger partial charge >= 0.3 is 12.0 Å². The van der Waals surface area contributed by atoms with E-state index in [-0.39, 0.29) is 12.2 Å². The Labute approximate surface area is 119 Å². The Morgan fingerprint density at radius 2 is 2.10 bits per heavy atom. The van der Waals surface area contributed by atoms with Gasteiger partial charge in [-0.2, -0.15) is 0 Å². The molecule has 0 spiro atoms. The van der Waals surface area contributed by atoms with E-state index in [9.17, 15) is 19.7 Å². The van der Waals surface area contributed by atoms with Gasteiger partial charge in [0.05, 0.1) is 11.5 Å². The monoisotopic (exact) mass is 297 g/mol. The lowest BCUT2D eigenvalue weighted by Crippen LogP contribution is -2.47. The highest BCUT2D eigenvalue weighted by atomic mass is 16.6. The standard InChI is InChI=1S/C12H15N3O6/c1-7-8(3-2-4-10(7)15(20)21)5-13-12(19)14-9(6-16)11(17)18/h2-4,9,16H,5-6H2,1H3,(H,17,18)(H2,13,14,19)/t9-/m0/s1. The van der Waals surface area contributed by atoms with Gasteiger partial charge in [0, 0.05) is 18.2 Å². The van der Waals surface area contributed by atoms with E-state index in [1.54, 1.807) is 13.0 Å². The first-order valence-electron chi connectivity index (χ1n) is 5.97. The van der Waals surface area contributed by atoms with Crippen molar-refractivity contribution < 1.29 is 24.7 Å². The van der Waals surface area contributed by atoms with E-state index in [1.807, 2.05) is 0 Å². The number of aliphatic hydroxyl groups is 1. The van der Waals surface area contributed by atoms with Crippen LogP contribution in [0, 0.1) is 17.0 Å². The number of urea groups is 1. The van der Waals surface area contributed by atoms with Gasteiger partial charge in [-0.25, -0.2) is 9.59 Å². The second-order valence-electron chi connectivity index (χ2n) is 4.22. The van der Waals surface area contributed by atoms with Crippen LogP contribution in [0.4, 0.5) is 10.5 Å². The van der Waals surface area contributed by atoms with Crippen LogP contribution in [-0.2, 0) is 11.3 Å². The van der Waals surface area contributed by atoms with Gasteiger partial charge in [0.15, 0.2) is 6.04 Å². The molecule has 0 saturated carbocycles. The van der Waals surface area contributed by atoms with Crippen LogP contribution in [0.5, 0.6) is 0 Å². The zero-order valence-corrected chi connectivity index (χ0v) is 11.2. The van der Waals surface area contributed by atoms with E-state index in [2.05, 4.69) is 10.6 Å². The summed E-state index contributed by atoms with van der Waals surface area (Å²) in [5, 5.41) is 32.7. The predicted molar refractivity (Wildman–Crippen MR) is 71.7 cm³/mol. The SMILES string of the molecule is Cc1c(CNC(=O)N[C@@H](CO)C(=O)O)cccc1[N+](=O)[O-]. The van der Waals surface area contributed by atoms with Gasteiger partial charge in [-0.3, -0.25) is 10.1 Å². The highest BCUT2D eigenvalue weighted by molar-refractivity contribution is 5.82. The quantitative estimate of drug-likeness (QED) is 0.435. The summed E-state index contributed by atoms with van der Waals surface area (Å²) in [7, 11) is 0. The van der Waals surface area contributed by atoms with Crippen LogP contribution in [0.1, 0.15) is 11.1 Å². The largest absolute Gasteiger partial charge is 0.480 e. The summed E-state index contributed by atoms with van der Waals surface area (Å²) in [4.78, 5) is 32.4. The Bertz CT molecular complexity index is 560. The van der Waals surface area contributed by atoms with Gasteiger partial charge < -0.3 is 20.8 Å². The highest BCUT2D eigenvalue weighted by Crippen LogP contribution is 2.20. The number of carbonyl (C=O) groups is 2. The molecule has 0 fully saturated rings. The van der Waals surface area contributed by atoms with Crippen molar-refractivity contribution in [1.82, 2.24) is 10.6 Å². The first-order valence-corrected chi connectivity index (χ1v) is 5.97. The van der Waals surface area contributed by atoms with E-state index in [4.69, 9.17) is 10.2 Å². The van der Waals surface area contributed by atoms with E-state index in [0.29, 0.717) is 11.1 Å². The molecule has 4 N–H and O–H groups in total. The van der Waals surface area contributed by atoms with Crippen LogP contribution in [0.25, 0.3) is 0 Å². The fraction of sp³-hybridized carbons (Fsp3) is 0.333. The van der Waals surface area contributed by atoms with E-state index in [1.165, 1.54) is 12.1 Å². The molecule has 0 saturated heterocycles. The molecule has 2 amide bonds. The molecule has 0 radical (unpaired) electrons. The highest BCUT2D eigenvalue weighted by Gasteiger charge is 2.19. The van der Waals surface area contributed by atoms with Crippen molar-refractivity contribution in [2.75, 3.05) is 6.61 Å². The first kappa shape index (κ1) is 16.4. The number of carbonyl (C=O) groups excluding carboxylic acids is 1. The number of nitro benzene ring substituents is 1. The molecule has 0 aromatic heterocycles. The summed E-state index contributed by atoms with van der Waals surface area (Å²) in [5.41, 5.74) is 0.892. The summed E-state index contributed by atoms with van der Waals surface area (Å²) in [6.07, 6.45) is 0. The first-order chi connectivity index (χ1) is 9.86. The number of nitrogens with zero attached hydrogens (tertiary/aromatic N) is 1. The van der Waals surface area contributed by atoms with Crippen molar-refractivity contribution in [2.45, 2.75) is 19.5 Å². The number of aliphatic hydroxyl groups excluding tert-OH is 1. The van der Waals surface area contributed by atoms with Gasteiger partial charge in [-0.1, -0.05) is 12.1 Å². The number of hydrogen-bond acceptors (Lipinski definition) is 5. The minimum atomic E-state index is -1.41. The number of nitro groups is 1. The number of aliphatic carboxylic acids is 1. The molecular formula is C12H15N3O6. The molecule has 1 rings (SSSR count). The number of benzene rings is 1. The maximum Gasteiger partial charge on any atom is 0.328 e. The van der Waals surface area contributed by atoms with Crippen LogP contribution in [0.3, 0.4) is 0 Å². The molecule has 1 atom stereocenters. The molecule has 21 heavy (non-hydrogen) atoms. The summed E-state index contributed by atoms with van der Waals surface area (Å²) >= 11 is 0. The van der Waals surface area contributed by atoms with Crippen LogP contribution in [0.2, 0.25) is 0 Å². The number of amides is 2. The molecule has 1 aromatic carbocycles. The fourth-order valence-corrected chi connectivity index (χ4v) is 1.63. The van der Waals surface area contributed by atoms with Crippen LogP contribution >= 0.6 is 0 Å². The lowest BCUT2D eigenvalue weighted by molar-refractivity contribution is -0.385. The van der Waals surface area contributed by atoms with Crippen LogP contribution in [0.15, 0.2) is 18.2 Å². The Morgan fingerprint density at radius 3 is 2.62 bits per heavy atom. The molecule has 0 heterocycles. The van der Waals surface area contributed by atoms with Crippen LogP contribution < -0.4 is 10.6 Å². The fourth-order valence-electron chi connectivity index (χ4n) is 1.63. The molecule has 9 heteroatoms. The second-order valence-corrected chi connectivity index (χ2v) is 4.22. The number of rotatable bonds is 6. The smallest absolute Gasteiger partial charge is 0.328 e. The Kier molecular flexibility index (Phi) is 5.61. The zero-order valence-electron chi connectivity index (χ0n) is 11.2. The molecule has 9 nitrogen and oxygen atoms in total. The molecule has 0 aliphatic heterocycles. The number of hydrogen-bond donors (Lipinski definition) is 4. The van der Waals surface area contributed by atoms with Crippen molar-refractivity contribution in [1.29, 1.82) is 0 Å². The van der Waals surface area contributed by atoms with Crippen molar-refractivity contribution in [3.05, 3.63) is 39.4 Å². The molecular weight excluding hydrogens is 282 g/mol. The molecule has 0 aliphatic rings. The van der Waals surface area contributed by atoms with E-state index in [0.717, 1.165) is 0 Å². The summed E-state index contributed by atoms with van der Waals surface area (Å²) in [6.45, 7) is 0.816. The van der Waals surface area contributed by atoms with Crippen molar-refractivity contribution in [3.8, 4) is 0 Å². The Balaban J connectivity index is 2.67. The average molecular weight is 297 g/mol. The van der Waals surface area contributed by atoms with Gasteiger partial charge in [-0.15, -0.1) is 0 Å². The van der Waals surface area contributed by atoms with Gasteiger partial charge in [0.25, 0.3) is 5.69 Å². The molecule has 0 bridgehead atoms. The number of carboxylic acids is 1. The maximum absolute atomic E-state index is 11.5. The van der Waals surface area contributed by atoms with Crippen molar-refractivity contribution in [3.63, 3.8) is 0 Å². The average Bonchev–Trinajstić information content (AvgIpc) is 2.42. The van der Waals surface area contributed by atoms with Crippen LogP contribution in [-0.4, -0.2) is 39.8 Å². The third kappa shape index (κ3) is 4.42. The van der Waals surface area contributed by atoms with Crippen molar-refractivity contribution in [2.24, 2.45) is 0 Å². The van der Waals surface area contributed by atoms with Gasteiger partial charge in [-0.05, 0) is 12.5 Å². The predicted octanol–water partition coefficient (Wildman–Crippen LogP) is 0.148. The third-order valence-electron chi connectivity index (χ3n) is 2.84. The van der Waals surface area contributed by atoms with Crippen molar-refractivity contribution >= 4 is 17.7 Å². The van der Waals surface area contributed by atoms with E-state index >= 15 is 0 Å². The summed E-state index contributed by atoms with van der Waals surface area (Å²) < 4.78 is 0. The molecule has 0 aliphatic carbocycles. The lowest BCUT2D eigenvalue weighted by atomic mass is 10.1. The molecule has 1 aromatic rings. The van der Waals surface area contributed by atoms with Gasteiger partial charge in [0.2, 0.25) is 0 Å². The normalized spacial score (nSPS) is 11.5. The Morgan fingerprint density at radius 1 is 1.43 bits per heavy atom. The van der Waals surface area contributed by atoms with Gasteiger partial charge in [0.1, 0.15) is 0 Å². The lowest BCUT2D eigenvalue weighted by Gasteiger charge is -2.13. The third-order valence-corrected chi connectivity index (χ3v) is 2.84. The maximum atomic E-state index is 11.5.